The van der Waals surface area contributed by atoms with Gasteiger partial charge in [-0.05, 0) is 19.8 Å². The van der Waals surface area contributed by atoms with Crippen LogP contribution < -0.4 is 5.32 Å². The van der Waals surface area contributed by atoms with Crippen LogP contribution in [0.4, 0.5) is 0 Å². The van der Waals surface area contributed by atoms with Gasteiger partial charge in [0, 0.05) is 24.6 Å². The van der Waals surface area contributed by atoms with E-state index < -0.39 is 0 Å². The second-order valence-corrected chi connectivity index (χ2v) is 5.26. The van der Waals surface area contributed by atoms with Crippen molar-refractivity contribution in [1.82, 2.24) is 15.5 Å². The molecule has 1 aliphatic carbocycles. The van der Waals surface area contributed by atoms with E-state index in [1.165, 1.54) is 0 Å². The molecular formula is C13H19N3O3. The van der Waals surface area contributed by atoms with Crippen molar-refractivity contribution in [1.29, 1.82) is 0 Å². The first-order chi connectivity index (χ1) is 9.19. The molecule has 2 heterocycles. The van der Waals surface area contributed by atoms with E-state index in [1.54, 1.807) is 6.20 Å². The monoisotopic (exact) mass is 265 g/mol. The van der Waals surface area contributed by atoms with Crippen LogP contribution in [-0.4, -0.2) is 41.1 Å². The molecule has 1 saturated heterocycles. The van der Waals surface area contributed by atoms with Gasteiger partial charge in [0.25, 0.3) is 5.91 Å². The van der Waals surface area contributed by atoms with Crippen LogP contribution in [0.1, 0.15) is 41.7 Å². The number of hydrogen-bond donors (Lipinski definition) is 2. The van der Waals surface area contributed by atoms with Crippen molar-refractivity contribution in [2.45, 2.75) is 44.4 Å². The Labute approximate surface area is 111 Å². The Kier molecular flexibility index (Phi) is 3.28. The molecule has 1 saturated carbocycles. The van der Waals surface area contributed by atoms with Gasteiger partial charge in [-0.2, -0.15) is 5.10 Å². The molecule has 1 spiro atoms. The van der Waals surface area contributed by atoms with E-state index in [9.17, 15) is 4.79 Å². The summed E-state index contributed by atoms with van der Waals surface area (Å²) in [6, 6.07) is 0.195. The van der Waals surface area contributed by atoms with E-state index in [4.69, 9.17) is 9.47 Å². The summed E-state index contributed by atoms with van der Waals surface area (Å²) < 4.78 is 11.4. The highest BCUT2D eigenvalue weighted by atomic mass is 16.7. The number of amides is 1. The molecule has 6 heteroatoms. The van der Waals surface area contributed by atoms with E-state index in [1.807, 2.05) is 6.92 Å². The van der Waals surface area contributed by atoms with Gasteiger partial charge in [-0.25, -0.2) is 0 Å². The maximum Gasteiger partial charge on any atom is 0.254 e. The predicted molar refractivity (Wildman–Crippen MR) is 67.7 cm³/mol. The minimum absolute atomic E-state index is 0.0551. The number of hydrogen-bond acceptors (Lipinski definition) is 4. The average molecular weight is 265 g/mol. The van der Waals surface area contributed by atoms with Crippen LogP contribution in [0.25, 0.3) is 0 Å². The fourth-order valence-corrected chi connectivity index (χ4v) is 2.83. The number of rotatable bonds is 2. The Morgan fingerprint density at radius 1 is 1.42 bits per heavy atom. The molecule has 0 unspecified atom stereocenters. The second-order valence-electron chi connectivity index (χ2n) is 5.26. The van der Waals surface area contributed by atoms with E-state index in [0.717, 1.165) is 31.4 Å². The van der Waals surface area contributed by atoms with Gasteiger partial charge in [-0.3, -0.25) is 9.89 Å². The number of aromatic amines is 1. The summed E-state index contributed by atoms with van der Waals surface area (Å²) in [6.07, 6.45) is 5.05. The summed E-state index contributed by atoms with van der Waals surface area (Å²) in [6.45, 7) is 3.22. The van der Waals surface area contributed by atoms with E-state index >= 15 is 0 Å². The van der Waals surface area contributed by atoms with Crippen molar-refractivity contribution in [3.05, 3.63) is 17.5 Å². The van der Waals surface area contributed by atoms with Crippen molar-refractivity contribution in [2.24, 2.45) is 0 Å². The number of aromatic nitrogens is 2. The molecule has 2 fully saturated rings. The smallest absolute Gasteiger partial charge is 0.254 e. The lowest BCUT2D eigenvalue weighted by Gasteiger charge is -2.35. The fraction of sp³-hybridized carbons (Fsp3) is 0.692. The van der Waals surface area contributed by atoms with Crippen molar-refractivity contribution in [3.8, 4) is 0 Å². The molecule has 1 aliphatic heterocycles. The number of aryl methyl sites for hydroxylation is 1. The third-order valence-corrected chi connectivity index (χ3v) is 3.97. The molecule has 1 aromatic rings. The largest absolute Gasteiger partial charge is 0.349 e. The first-order valence-corrected chi connectivity index (χ1v) is 6.77. The SMILES string of the molecule is Cc1[nH]ncc1C(=O)NC1CCC2(CC1)OCCO2. The zero-order chi connectivity index (χ0) is 13.3. The lowest BCUT2D eigenvalue weighted by Crippen LogP contribution is -2.44. The lowest BCUT2D eigenvalue weighted by molar-refractivity contribution is -0.179. The summed E-state index contributed by atoms with van der Waals surface area (Å²) in [4.78, 5) is 12.1. The van der Waals surface area contributed by atoms with Crippen molar-refractivity contribution >= 4 is 5.91 Å². The minimum atomic E-state index is -0.368. The Bertz CT molecular complexity index is 455. The number of H-pyrrole nitrogens is 1. The van der Waals surface area contributed by atoms with Gasteiger partial charge < -0.3 is 14.8 Å². The molecule has 2 N–H and O–H groups in total. The normalized spacial score (nSPS) is 22.8. The van der Waals surface area contributed by atoms with Crippen LogP contribution >= 0.6 is 0 Å². The molecule has 2 aliphatic rings. The van der Waals surface area contributed by atoms with Crippen LogP contribution in [0.15, 0.2) is 6.20 Å². The minimum Gasteiger partial charge on any atom is -0.349 e. The van der Waals surface area contributed by atoms with Gasteiger partial charge in [0.05, 0.1) is 25.0 Å². The average Bonchev–Trinajstić information content (AvgIpc) is 3.02. The molecular weight excluding hydrogens is 246 g/mol. The van der Waals surface area contributed by atoms with Gasteiger partial charge in [0.1, 0.15) is 0 Å². The number of carbonyl (C=O) groups excluding carboxylic acids is 1. The topological polar surface area (TPSA) is 76.2 Å². The standard InChI is InChI=1S/C13H19N3O3/c1-9-11(8-14-16-9)12(17)15-10-2-4-13(5-3-10)18-6-7-19-13/h8,10H,2-7H2,1H3,(H,14,16)(H,15,17). The summed E-state index contributed by atoms with van der Waals surface area (Å²) in [5, 5.41) is 9.70. The van der Waals surface area contributed by atoms with Crippen LogP contribution in [-0.2, 0) is 9.47 Å². The molecule has 1 aromatic heterocycles. The molecule has 1 amide bonds. The number of carbonyl (C=O) groups is 1. The van der Waals surface area contributed by atoms with Gasteiger partial charge in [0.2, 0.25) is 0 Å². The Hall–Kier alpha value is -1.40. The highest BCUT2D eigenvalue weighted by molar-refractivity contribution is 5.95. The number of ether oxygens (including phenoxy) is 2. The van der Waals surface area contributed by atoms with Crippen LogP contribution in [0, 0.1) is 6.92 Å². The zero-order valence-electron chi connectivity index (χ0n) is 11.1. The van der Waals surface area contributed by atoms with Gasteiger partial charge in [-0.1, -0.05) is 0 Å². The first kappa shape index (κ1) is 12.6. The Morgan fingerprint density at radius 3 is 2.68 bits per heavy atom. The predicted octanol–water partition coefficient (Wildman–Crippen LogP) is 1.13. The highest BCUT2D eigenvalue weighted by Gasteiger charge is 2.40. The molecule has 3 rings (SSSR count). The van der Waals surface area contributed by atoms with Crippen LogP contribution in [0.2, 0.25) is 0 Å². The maximum atomic E-state index is 12.1. The quantitative estimate of drug-likeness (QED) is 0.840. The maximum absolute atomic E-state index is 12.1. The summed E-state index contributed by atoms with van der Waals surface area (Å²) in [5.74, 6) is -0.423. The molecule has 0 atom stereocenters. The lowest BCUT2D eigenvalue weighted by atomic mass is 9.90. The molecule has 104 valence electrons. The molecule has 19 heavy (non-hydrogen) atoms. The molecule has 0 radical (unpaired) electrons. The van der Waals surface area contributed by atoms with Crippen molar-refractivity contribution in [3.63, 3.8) is 0 Å². The van der Waals surface area contributed by atoms with E-state index in [-0.39, 0.29) is 17.7 Å². The summed E-state index contributed by atoms with van der Waals surface area (Å²) in [5.41, 5.74) is 1.42. The third-order valence-electron chi connectivity index (χ3n) is 3.97. The van der Waals surface area contributed by atoms with E-state index in [2.05, 4.69) is 15.5 Å². The highest BCUT2D eigenvalue weighted by Crippen LogP contribution is 2.35. The van der Waals surface area contributed by atoms with Crippen molar-refractivity contribution < 1.29 is 14.3 Å². The second kappa shape index (κ2) is 4.94. The van der Waals surface area contributed by atoms with Gasteiger partial charge in [-0.15, -0.1) is 0 Å². The summed E-state index contributed by atoms with van der Waals surface area (Å²) in [7, 11) is 0. The molecule has 0 bridgehead atoms. The van der Waals surface area contributed by atoms with Gasteiger partial charge >= 0.3 is 0 Å². The van der Waals surface area contributed by atoms with Gasteiger partial charge in [0.15, 0.2) is 5.79 Å². The van der Waals surface area contributed by atoms with Crippen LogP contribution in [0.3, 0.4) is 0 Å². The number of nitrogens with zero attached hydrogens (tertiary/aromatic N) is 1. The molecule has 0 aromatic carbocycles. The Morgan fingerprint density at radius 2 is 2.11 bits per heavy atom. The Balaban J connectivity index is 1.55. The summed E-state index contributed by atoms with van der Waals surface area (Å²) >= 11 is 0. The van der Waals surface area contributed by atoms with Crippen molar-refractivity contribution in [2.75, 3.05) is 13.2 Å². The first-order valence-electron chi connectivity index (χ1n) is 6.77. The van der Waals surface area contributed by atoms with E-state index in [0.29, 0.717) is 18.8 Å². The van der Waals surface area contributed by atoms with Crippen LogP contribution in [0.5, 0.6) is 0 Å². The zero-order valence-corrected chi connectivity index (χ0v) is 11.1. The third kappa shape index (κ3) is 2.50. The number of nitrogens with one attached hydrogen (secondary N) is 2. The fourth-order valence-electron chi connectivity index (χ4n) is 2.83. The molecule has 6 nitrogen and oxygen atoms in total.